The van der Waals surface area contributed by atoms with Crippen molar-refractivity contribution in [2.24, 2.45) is 0 Å². The molecule has 1 aliphatic heterocycles. The molecule has 0 saturated carbocycles. The average molecular weight is 578 g/mol. The van der Waals surface area contributed by atoms with Gasteiger partial charge >= 0.3 is 12.1 Å². The summed E-state index contributed by atoms with van der Waals surface area (Å²) in [6.07, 6.45) is -6.04. The van der Waals surface area contributed by atoms with Crippen LogP contribution in [0.2, 0.25) is 5.02 Å². The van der Waals surface area contributed by atoms with Gasteiger partial charge in [0.25, 0.3) is 11.8 Å². The van der Waals surface area contributed by atoms with Gasteiger partial charge in [-0.1, -0.05) is 71.8 Å². The molecule has 1 aliphatic rings. The van der Waals surface area contributed by atoms with E-state index < -0.39 is 47.1 Å². The monoisotopic (exact) mass is 577 g/mol. The molecule has 5 rings (SSSR count). The van der Waals surface area contributed by atoms with Crippen LogP contribution in [0.4, 0.5) is 18.9 Å². The van der Waals surface area contributed by atoms with Crippen LogP contribution in [0.3, 0.4) is 0 Å². The minimum atomic E-state index is -4.74. The Hall–Kier alpha value is -4.76. The van der Waals surface area contributed by atoms with Gasteiger partial charge in [-0.25, -0.2) is 9.69 Å². The third-order valence-electron chi connectivity index (χ3n) is 6.54. The Bertz CT molecular complexity index is 1700. The fourth-order valence-corrected chi connectivity index (χ4v) is 4.59. The summed E-state index contributed by atoms with van der Waals surface area (Å²) in [4.78, 5) is 53.4. The van der Waals surface area contributed by atoms with Gasteiger partial charge in [0.15, 0.2) is 6.10 Å². The Morgan fingerprint density at radius 1 is 0.805 bits per heavy atom. The van der Waals surface area contributed by atoms with Crippen LogP contribution in [0.5, 0.6) is 0 Å². The first-order chi connectivity index (χ1) is 19.5. The number of amides is 2. The minimum Gasteiger partial charge on any atom is -0.445 e. The van der Waals surface area contributed by atoms with Gasteiger partial charge < -0.3 is 4.74 Å². The molecule has 0 spiro atoms. The van der Waals surface area contributed by atoms with Crippen LogP contribution >= 0.6 is 11.6 Å². The summed E-state index contributed by atoms with van der Waals surface area (Å²) in [6, 6.07) is 21.0. The zero-order valence-corrected chi connectivity index (χ0v) is 22.0. The second-order valence-corrected chi connectivity index (χ2v) is 9.70. The van der Waals surface area contributed by atoms with Crippen LogP contribution in [0.1, 0.15) is 64.2 Å². The summed E-state index contributed by atoms with van der Waals surface area (Å²) >= 11 is 6.07. The first-order valence-electron chi connectivity index (χ1n) is 12.2. The quantitative estimate of drug-likeness (QED) is 0.137. The highest BCUT2D eigenvalue weighted by atomic mass is 35.5. The second-order valence-electron chi connectivity index (χ2n) is 9.30. The van der Waals surface area contributed by atoms with Gasteiger partial charge in [-0.2, -0.15) is 13.2 Å². The van der Waals surface area contributed by atoms with Crippen molar-refractivity contribution in [3.05, 3.63) is 135 Å². The number of carbonyl (C=O) groups excluding carboxylic acids is 4. The van der Waals surface area contributed by atoms with Gasteiger partial charge in [0.1, 0.15) is 0 Å². The molecule has 1 atom stereocenters. The Morgan fingerprint density at radius 2 is 1.44 bits per heavy atom. The van der Waals surface area contributed by atoms with E-state index in [1.54, 1.807) is 54.6 Å². The summed E-state index contributed by atoms with van der Waals surface area (Å²) in [5, 5.41) is -0.243. The number of Topliss-reactive ketones (excluding diaryl/α,β-unsaturated/α-hetero) is 1. The first-order valence-corrected chi connectivity index (χ1v) is 12.6. The number of hydrogen-bond acceptors (Lipinski definition) is 5. The van der Waals surface area contributed by atoms with E-state index in [0.717, 1.165) is 23.8 Å². The van der Waals surface area contributed by atoms with E-state index in [0.29, 0.717) is 22.1 Å². The van der Waals surface area contributed by atoms with Gasteiger partial charge in [0.2, 0.25) is 5.78 Å². The molecule has 0 radical (unpaired) electrons. The van der Waals surface area contributed by atoms with E-state index in [4.69, 9.17) is 16.3 Å². The number of imide groups is 1. The number of carbonyl (C=O) groups is 4. The number of esters is 1. The number of alkyl halides is 3. The van der Waals surface area contributed by atoms with E-state index in [2.05, 4.69) is 0 Å². The van der Waals surface area contributed by atoms with Gasteiger partial charge in [-0.05, 0) is 43.3 Å². The summed E-state index contributed by atoms with van der Waals surface area (Å²) in [5.74, 6) is -3.28. The topological polar surface area (TPSA) is 80.8 Å². The van der Waals surface area contributed by atoms with Crippen LogP contribution in [0.25, 0.3) is 0 Å². The molecule has 10 heteroatoms. The normalized spacial score (nSPS) is 13.6. The largest absolute Gasteiger partial charge is 0.445 e. The Balaban J connectivity index is 1.46. The smallest absolute Gasteiger partial charge is 0.416 e. The molecule has 0 saturated heterocycles. The molecule has 4 aromatic carbocycles. The Labute approximate surface area is 236 Å². The number of ketones is 1. The lowest BCUT2D eigenvalue weighted by Crippen LogP contribution is -2.30. The molecule has 41 heavy (non-hydrogen) atoms. The third-order valence-corrected chi connectivity index (χ3v) is 6.86. The van der Waals surface area contributed by atoms with Crippen LogP contribution < -0.4 is 4.90 Å². The first kappa shape index (κ1) is 27.8. The summed E-state index contributed by atoms with van der Waals surface area (Å²) in [5.41, 5.74) is -0.348. The van der Waals surface area contributed by atoms with Gasteiger partial charge in [-0.15, -0.1) is 0 Å². The van der Waals surface area contributed by atoms with E-state index in [9.17, 15) is 32.3 Å². The van der Waals surface area contributed by atoms with E-state index in [1.165, 1.54) is 12.1 Å². The number of fused-ring (bicyclic) bond motifs is 1. The number of ether oxygens (including phenoxy) is 1. The fourth-order valence-electron chi connectivity index (χ4n) is 4.39. The van der Waals surface area contributed by atoms with Crippen molar-refractivity contribution >= 4 is 40.9 Å². The van der Waals surface area contributed by atoms with E-state index in [-0.39, 0.29) is 21.7 Å². The molecule has 1 heterocycles. The van der Waals surface area contributed by atoms with Crippen LogP contribution in [-0.2, 0) is 10.9 Å². The fraction of sp³-hybridized carbons (Fsp3) is 0.0968. The molecule has 4 aromatic rings. The molecule has 2 amide bonds. The number of halogens is 4. The number of anilines is 1. The lowest BCUT2D eigenvalue weighted by Gasteiger charge is -2.18. The molecule has 6 nitrogen and oxygen atoms in total. The Morgan fingerprint density at radius 3 is 2.10 bits per heavy atom. The molecular formula is C31H19ClF3NO5. The van der Waals surface area contributed by atoms with Gasteiger partial charge in [0, 0.05) is 11.1 Å². The maximum absolute atomic E-state index is 13.4. The molecule has 0 unspecified atom stereocenters. The maximum Gasteiger partial charge on any atom is 0.416 e. The second kappa shape index (κ2) is 10.7. The Kier molecular flexibility index (Phi) is 7.23. The van der Waals surface area contributed by atoms with Crippen molar-refractivity contribution in [3.63, 3.8) is 0 Å². The molecule has 0 fully saturated rings. The summed E-state index contributed by atoms with van der Waals surface area (Å²) < 4.78 is 45.5. The molecule has 0 aromatic heterocycles. The van der Waals surface area contributed by atoms with Crippen LogP contribution in [-0.4, -0.2) is 23.6 Å². The predicted molar refractivity (Wildman–Crippen MR) is 144 cm³/mol. The standard InChI is InChI=1S/C31H19ClF3NO5/c1-17-7-9-18(10-8-17)26(37)27(19-5-3-2-4-6-19)41-30(40)20-11-13-22-23(15-20)29(39)36(28(22)38)25-16-21(31(33,34)35)12-14-24(25)32/h2-16,27H,1H3/t27-/m1/s1. The number of benzene rings is 4. The summed E-state index contributed by atoms with van der Waals surface area (Å²) in [6.45, 7) is 1.87. The average Bonchev–Trinajstić information content (AvgIpc) is 3.20. The van der Waals surface area contributed by atoms with Crippen molar-refractivity contribution < 1.29 is 37.1 Å². The number of aryl methyl sites for hydroxylation is 1. The van der Waals surface area contributed by atoms with Gasteiger partial charge in [-0.3, -0.25) is 14.4 Å². The molecule has 0 N–H and O–H groups in total. The third kappa shape index (κ3) is 5.36. The molecule has 206 valence electrons. The highest BCUT2D eigenvalue weighted by Crippen LogP contribution is 2.38. The number of rotatable bonds is 6. The SMILES string of the molecule is Cc1ccc(C(=O)[C@H](OC(=O)c2ccc3c(c2)C(=O)N(c2cc(C(F)(F)F)ccc2Cl)C3=O)c2ccccc2)cc1. The van der Waals surface area contributed by atoms with Crippen LogP contribution in [0.15, 0.2) is 91.0 Å². The van der Waals surface area contributed by atoms with Crippen molar-refractivity contribution in [1.29, 1.82) is 0 Å². The molecule has 0 bridgehead atoms. The maximum atomic E-state index is 13.4. The van der Waals surface area contributed by atoms with E-state index in [1.807, 2.05) is 6.92 Å². The zero-order valence-electron chi connectivity index (χ0n) is 21.2. The van der Waals surface area contributed by atoms with Crippen molar-refractivity contribution in [3.8, 4) is 0 Å². The number of hydrogen-bond donors (Lipinski definition) is 0. The van der Waals surface area contributed by atoms with Crippen molar-refractivity contribution in [1.82, 2.24) is 0 Å². The van der Waals surface area contributed by atoms with Gasteiger partial charge in [0.05, 0.1) is 33.0 Å². The van der Waals surface area contributed by atoms with Crippen molar-refractivity contribution in [2.45, 2.75) is 19.2 Å². The van der Waals surface area contributed by atoms with Crippen LogP contribution in [0, 0.1) is 6.92 Å². The lowest BCUT2D eigenvalue weighted by atomic mass is 9.99. The molecular weight excluding hydrogens is 559 g/mol. The predicted octanol–water partition coefficient (Wildman–Crippen LogP) is 7.25. The highest BCUT2D eigenvalue weighted by Gasteiger charge is 2.40. The van der Waals surface area contributed by atoms with Crippen molar-refractivity contribution in [2.75, 3.05) is 4.90 Å². The lowest BCUT2D eigenvalue weighted by molar-refractivity contribution is -0.137. The molecule has 0 aliphatic carbocycles. The van der Waals surface area contributed by atoms with E-state index >= 15 is 0 Å². The zero-order chi connectivity index (χ0) is 29.5. The highest BCUT2D eigenvalue weighted by molar-refractivity contribution is 6.40. The number of nitrogens with zero attached hydrogens (tertiary/aromatic N) is 1. The minimum absolute atomic E-state index is 0.129. The summed E-state index contributed by atoms with van der Waals surface area (Å²) in [7, 11) is 0.